The highest BCUT2D eigenvalue weighted by atomic mass is 32.2. The summed E-state index contributed by atoms with van der Waals surface area (Å²) in [5.74, 6) is 1.20. The van der Waals surface area contributed by atoms with E-state index < -0.39 is 22.9 Å². The van der Waals surface area contributed by atoms with Crippen LogP contribution in [0.3, 0.4) is 0 Å². The Morgan fingerprint density at radius 3 is 2.42 bits per heavy atom. The number of likely N-dealkylation sites (tertiary alicyclic amines) is 1. The molecule has 1 saturated carbocycles. The molecule has 33 heavy (non-hydrogen) atoms. The summed E-state index contributed by atoms with van der Waals surface area (Å²) in [6.07, 6.45) is 4.38. The third kappa shape index (κ3) is 7.52. The zero-order chi connectivity index (χ0) is 24.6. The van der Waals surface area contributed by atoms with Crippen LogP contribution in [0.4, 0.5) is 4.79 Å². The zero-order valence-electron chi connectivity index (χ0n) is 20.4. The molecule has 2 aliphatic rings. The van der Waals surface area contributed by atoms with E-state index in [0.717, 1.165) is 37.9 Å². The Labute approximate surface area is 201 Å². The molecule has 0 aromatic carbocycles. The van der Waals surface area contributed by atoms with E-state index >= 15 is 0 Å². The predicted octanol–water partition coefficient (Wildman–Crippen LogP) is 2.48. The van der Waals surface area contributed by atoms with E-state index in [4.69, 9.17) is 15.9 Å². The highest BCUT2D eigenvalue weighted by Gasteiger charge is 2.44. The standard InChI is InChI=1S/C23H41N5O4S/c1-5-32-22(31)27-18(23(3,4)33-6-2)21(30)28-13-7-8-17(28)20(29)26-14-15-9-11-16(12-10-15)19(24)25/h15-18H,5-14H2,1-4H3,(H3,24,25)(H,26,29)(H,27,31)/t15-,16-,17-,18-/m0/s1. The lowest BCUT2D eigenvalue weighted by Gasteiger charge is -2.37. The monoisotopic (exact) mass is 483 g/mol. The molecule has 0 aromatic heterocycles. The third-order valence-electron chi connectivity index (χ3n) is 6.69. The van der Waals surface area contributed by atoms with Gasteiger partial charge in [-0.1, -0.05) is 6.92 Å². The van der Waals surface area contributed by atoms with Crippen molar-refractivity contribution in [1.29, 1.82) is 5.41 Å². The van der Waals surface area contributed by atoms with Crippen LogP contribution < -0.4 is 16.4 Å². The number of carbonyl (C=O) groups excluding carboxylic acids is 3. The number of ether oxygens (including phenoxy) is 1. The summed E-state index contributed by atoms with van der Waals surface area (Å²) < 4.78 is 4.47. The SMILES string of the molecule is CCOC(=O)N[C@@H](C(=O)N1CCC[C@H]1C(=O)NC[C@H]1CC[C@H](C(=N)N)CC1)C(C)(C)SCC. The van der Waals surface area contributed by atoms with Gasteiger partial charge < -0.3 is 26.0 Å². The second-order valence-electron chi connectivity index (χ2n) is 9.44. The topological polar surface area (TPSA) is 138 Å². The smallest absolute Gasteiger partial charge is 0.407 e. The molecule has 0 radical (unpaired) electrons. The number of nitrogens with one attached hydrogen (secondary N) is 3. The largest absolute Gasteiger partial charge is 0.450 e. The molecule has 2 atom stereocenters. The third-order valence-corrected chi connectivity index (χ3v) is 7.95. The maximum absolute atomic E-state index is 13.6. The van der Waals surface area contributed by atoms with Gasteiger partial charge in [-0.15, -0.1) is 0 Å². The maximum Gasteiger partial charge on any atom is 0.407 e. The maximum atomic E-state index is 13.6. The summed E-state index contributed by atoms with van der Waals surface area (Å²) in [5, 5.41) is 13.4. The number of hydrogen-bond acceptors (Lipinski definition) is 6. The molecule has 1 saturated heterocycles. The van der Waals surface area contributed by atoms with Crippen molar-refractivity contribution >= 4 is 35.5 Å². The van der Waals surface area contributed by atoms with Crippen LogP contribution in [0, 0.1) is 17.2 Å². The van der Waals surface area contributed by atoms with E-state index in [-0.39, 0.29) is 30.2 Å². The molecule has 5 N–H and O–H groups in total. The second-order valence-corrected chi connectivity index (χ2v) is 11.4. The van der Waals surface area contributed by atoms with Crippen LogP contribution in [0.25, 0.3) is 0 Å². The molecule has 1 heterocycles. The molecule has 2 rings (SSSR count). The van der Waals surface area contributed by atoms with E-state index in [0.29, 0.717) is 25.4 Å². The van der Waals surface area contributed by atoms with Gasteiger partial charge in [0.1, 0.15) is 12.1 Å². The van der Waals surface area contributed by atoms with E-state index in [9.17, 15) is 14.4 Å². The van der Waals surface area contributed by atoms with Crippen LogP contribution in [0.15, 0.2) is 0 Å². The van der Waals surface area contributed by atoms with E-state index in [2.05, 4.69) is 10.6 Å². The highest BCUT2D eigenvalue weighted by molar-refractivity contribution is 8.00. The number of thioether (sulfide) groups is 1. The van der Waals surface area contributed by atoms with Crippen LogP contribution in [0.2, 0.25) is 0 Å². The van der Waals surface area contributed by atoms with Crippen molar-refractivity contribution in [2.75, 3.05) is 25.4 Å². The quantitative estimate of drug-likeness (QED) is 0.278. The van der Waals surface area contributed by atoms with Gasteiger partial charge in [-0.3, -0.25) is 15.0 Å². The first-order valence-electron chi connectivity index (χ1n) is 12.1. The molecular weight excluding hydrogens is 442 g/mol. The van der Waals surface area contributed by atoms with Crippen LogP contribution in [-0.4, -0.2) is 70.9 Å². The van der Waals surface area contributed by atoms with Crippen LogP contribution >= 0.6 is 11.8 Å². The number of hydrogen-bond donors (Lipinski definition) is 4. The lowest BCUT2D eigenvalue weighted by atomic mass is 9.81. The van der Waals surface area contributed by atoms with Crippen molar-refractivity contribution < 1.29 is 19.1 Å². The van der Waals surface area contributed by atoms with Gasteiger partial charge in [-0.05, 0) is 71.0 Å². The van der Waals surface area contributed by atoms with E-state index in [1.54, 1.807) is 23.6 Å². The predicted molar refractivity (Wildman–Crippen MR) is 131 cm³/mol. The van der Waals surface area contributed by atoms with Gasteiger partial charge in [0.05, 0.1) is 12.4 Å². The Kier molecular flexibility index (Phi) is 10.3. The summed E-state index contributed by atoms with van der Waals surface area (Å²) >= 11 is 1.59. The number of carbonyl (C=O) groups is 3. The summed E-state index contributed by atoms with van der Waals surface area (Å²) in [6, 6.07) is -1.32. The fraction of sp³-hybridized carbons (Fsp3) is 0.826. The lowest BCUT2D eigenvalue weighted by Crippen LogP contribution is -2.60. The van der Waals surface area contributed by atoms with Gasteiger partial charge in [-0.2, -0.15) is 11.8 Å². The summed E-state index contributed by atoms with van der Waals surface area (Å²) in [5.41, 5.74) is 5.62. The Morgan fingerprint density at radius 1 is 1.18 bits per heavy atom. The van der Waals surface area contributed by atoms with Crippen LogP contribution in [-0.2, 0) is 14.3 Å². The summed E-state index contributed by atoms with van der Waals surface area (Å²) in [4.78, 5) is 40.4. The van der Waals surface area contributed by atoms with Crippen LogP contribution in [0.5, 0.6) is 0 Å². The highest BCUT2D eigenvalue weighted by Crippen LogP contribution is 2.31. The van der Waals surface area contributed by atoms with Gasteiger partial charge in [0.25, 0.3) is 0 Å². The van der Waals surface area contributed by atoms with Gasteiger partial charge in [-0.25, -0.2) is 4.79 Å². The molecule has 1 aliphatic heterocycles. The van der Waals surface area contributed by atoms with Crippen molar-refractivity contribution in [3.05, 3.63) is 0 Å². The first-order chi connectivity index (χ1) is 15.6. The molecule has 10 heteroatoms. The summed E-state index contributed by atoms with van der Waals surface area (Å²) in [6.45, 7) is 8.87. The fourth-order valence-electron chi connectivity index (χ4n) is 4.79. The molecule has 188 valence electrons. The number of nitrogens with two attached hydrogens (primary N) is 1. The first kappa shape index (κ1) is 27.3. The first-order valence-corrected chi connectivity index (χ1v) is 13.1. The molecule has 3 amide bonds. The van der Waals surface area contributed by atoms with Crippen molar-refractivity contribution in [2.45, 2.75) is 83.1 Å². The molecule has 0 bridgehead atoms. The van der Waals surface area contributed by atoms with Crippen molar-refractivity contribution in [3.63, 3.8) is 0 Å². The average molecular weight is 484 g/mol. The Balaban J connectivity index is 2.01. The molecular formula is C23H41N5O4S. The molecule has 0 spiro atoms. The Morgan fingerprint density at radius 2 is 1.85 bits per heavy atom. The normalized spacial score (nSPS) is 24.1. The van der Waals surface area contributed by atoms with Gasteiger partial charge in [0.2, 0.25) is 11.8 Å². The van der Waals surface area contributed by atoms with E-state index in [1.807, 2.05) is 20.8 Å². The van der Waals surface area contributed by atoms with Crippen molar-refractivity contribution in [1.82, 2.24) is 15.5 Å². The van der Waals surface area contributed by atoms with Crippen LogP contribution in [0.1, 0.15) is 66.2 Å². The molecule has 1 aliphatic carbocycles. The minimum absolute atomic E-state index is 0.134. The second kappa shape index (κ2) is 12.5. The number of amidine groups is 1. The van der Waals surface area contributed by atoms with Crippen molar-refractivity contribution in [3.8, 4) is 0 Å². The average Bonchev–Trinajstić information content (AvgIpc) is 3.26. The van der Waals surface area contributed by atoms with Gasteiger partial charge >= 0.3 is 6.09 Å². The minimum atomic E-state index is -0.795. The zero-order valence-corrected chi connectivity index (χ0v) is 21.3. The summed E-state index contributed by atoms with van der Waals surface area (Å²) in [7, 11) is 0. The number of amides is 3. The van der Waals surface area contributed by atoms with Gasteiger partial charge in [0, 0.05) is 23.8 Å². The molecule has 0 aromatic rings. The Bertz CT molecular complexity index is 709. The lowest BCUT2D eigenvalue weighted by molar-refractivity contribution is -0.140. The molecule has 9 nitrogen and oxygen atoms in total. The number of nitrogens with zero attached hydrogens (tertiary/aromatic N) is 1. The number of alkyl carbamates (subject to hydrolysis) is 1. The molecule has 2 fully saturated rings. The Hall–Kier alpha value is -1.97. The fourth-order valence-corrected chi connectivity index (χ4v) is 5.86. The minimum Gasteiger partial charge on any atom is -0.450 e. The van der Waals surface area contributed by atoms with Crippen molar-refractivity contribution in [2.24, 2.45) is 17.6 Å². The molecule has 0 unspecified atom stereocenters. The van der Waals surface area contributed by atoms with Gasteiger partial charge in [0.15, 0.2) is 0 Å². The van der Waals surface area contributed by atoms with E-state index in [1.165, 1.54) is 0 Å². The number of rotatable bonds is 10.